The maximum Gasteiger partial charge on any atom is 0.203 e. The molecule has 0 fully saturated rings. The van der Waals surface area contributed by atoms with Crippen LogP contribution in [0.2, 0.25) is 0 Å². The minimum Gasteiger partial charge on any atom is -0.493 e. The second-order valence-corrected chi connectivity index (χ2v) is 4.85. The Balaban J connectivity index is 2.72. The highest BCUT2D eigenvalue weighted by molar-refractivity contribution is 7.80. The number of rotatable bonds is 8. The fourth-order valence-corrected chi connectivity index (χ4v) is 1.91. The van der Waals surface area contributed by atoms with Crippen molar-refractivity contribution in [1.82, 2.24) is 10.7 Å². The highest BCUT2D eigenvalue weighted by Crippen LogP contribution is 2.37. The van der Waals surface area contributed by atoms with Crippen molar-refractivity contribution in [3.05, 3.63) is 17.7 Å². The Morgan fingerprint density at radius 3 is 2.32 bits per heavy atom. The van der Waals surface area contributed by atoms with Gasteiger partial charge in [0.1, 0.15) is 0 Å². The SMILES string of the molecule is CCCCNC(=S)N/N=C\c1cc(OC)c(OC)c(OC)c1. The summed E-state index contributed by atoms with van der Waals surface area (Å²) in [5.41, 5.74) is 3.57. The van der Waals surface area contributed by atoms with Gasteiger partial charge in [-0.25, -0.2) is 0 Å². The molecule has 0 aliphatic carbocycles. The van der Waals surface area contributed by atoms with Gasteiger partial charge in [-0.15, -0.1) is 0 Å². The molecule has 22 heavy (non-hydrogen) atoms. The minimum atomic E-state index is 0.497. The molecule has 2 N–H and O–H groups in total. The van der Waals surface area contributed by atoms with Crippen LogP contribution < -0.4 is 25.0 Å². The monoisotopic (exact) mass is 325 g/mol. The summed E-state index contributed by atoms with van der Waals surface area (Å²) in [7, 11) is 4.71. The average molecular weight is 325 g/mol. The van der Waals surface area contributed by atoms with Crippen LogP contribution >= 0.6 is 12.2 Å². The third kappa shape index (κ3) is 5.40. The molecule has 0 radical (unpaired) electrons. The first-order valence-corrected chi connectivity index (χ1v) is 7.44. The predicted octanol–water partition coefficient (Wildman–Crippen LogP) is 2.31. The van der Waals surface area contributed by atoms with Crippen LogP contribution in [0.1, 0.15) is 25.3 Å². The maximum absolute atomic E-state index is 5.29. The lowest BCUT2D eigenvalue weighted by molar-refractivity contribution is 0.324. The van der Waals surface area contributed by atoms with Crippen LogP contribution in [-0.2, 0) is 0 Å². The first-order valence-electron chi connectivity index (χ1n) is 7.03. The van der Waals surface area contributed by atoms with Gasteiger partial charge in [-0.3, -0.25) is 5.43 Å². The van der Waals surface area contributed by atoms with E-state index in [0.717, 1.165) is 24.9 Å². The third-order valence-electron chi connectivity index (χ3n) is 2.88. The number of hydrogen-bond donors (Lipinski definition) is 2. The van der Waals surface area contributed by atoms with E-state index in [1.54, 1.807) is 39.7 Å². The average Bonchev–Trinajstić information content (AvgIpc) is 2.54. The molecule has 0 saturated heterocycles. The number of nitrogens with zero attached hydrogens (tertiary/aromatic N) is 1. The van der Waals surface area contributed by atoms with E-state index in [9.17, 15) is 0 Å². The third-order valence-corrected chi connectivity index (χ3v) is 3.12. The van der Waals surface area contributed by atoms with Crippen LogP contribution in [0.5, 0.6) is 17.2 Å². The maximum atomic E-state index is 5.29. The first-order chi connectivity index (χ1) is 10.7. The van der Waals surface area contributed by atoms with Gasteiger partial charge in [0.2, 0.25) is 5.75 Å². The Labute approximate surface area is 136 Å². The van der Waals surface area contributed by atoms with Crippen molar-refractivity contribution in [3.63, 3.8) is 0 Å². The van der Waals surface area contributed by atoms with Gasteiger partial charge in [-0.2, -0.15) is 5.10 Å². The molecule has 1 aromatic rings. The molecular formula is C15H23N3O3S. The number of nitrogens with one attached hydrogen (secondary N) is 2. The highest BCUT2D eigenvalue weighted by atomic mass is 32.1. The molecule has 1 aromatic carbocycles. The van der Waals surface area contributed by atoms with E-state index < -0.39 is 0 Å². The van der Waals surface area contributed by atoms with Gasteiger partial charge in [-0.1, -0.05) is 13.3 Å². The second kappa shape index (κ2) is 9.83. The van der Waals surface area contributed by atoms with Crippen LogP contribution in [0, 0.1) is 0 Å². The summed E-state index contributed by atoms with van der Waals surface area (Å²) in [6.07, 6.45) is 3.82. The number of methoxy groups -OCH3 is 3. The normalized spacial score (nSPS) is 10.4. The smallest absolute Gasteiger partial charge is 0.203 e. The largest absolute Gasteiger partial charge is 0.493 e. The van der Waals surface area contributed by atoms with Gasteiger partial charge in [0, 0.05) is 12.1 Å². The summed E-state index contributed by atoms with van der Waals surface area (Å²) in [6.45, 7) is 2.96. The molecule has 7 heteroatoms. The van der Waals surface area contributed by atoms with Gasteiger partial charge in [-0.05, 0) is 30.8 Å². The van der Waals surface area contributed by atoms with E-state index in [1.807, 2.05) is 0 Å². The van der Waals surface area contributed by atoms with Gasteiger partial charge in [0.15, 0.2) is 16.6 Å². The number of benzene rings is 1. The molecule has 0 atom stereocenters. The molecule has 6 nitrogen and oxygen atoms in total. The van der Waals surface area contributed by atoms with E-state index >= 15 is 0 Å². The van der Waals surface area contributed by atoms with E-state index in [-0.39, 0.29) is 0 Å². The Morgan fingerprint density at radius 2 is 1.82 bits per heavy atom. The number of hydrazone groups is 1. The lowest BCUT2D eigenvalue weighted by Gasteiger charge is -2.12. The Bertz CT molecular complexity index is 496. The quantitative estimate of drug-likeness (QED) is 0.331. The van der Waals surface area contributed by atoms with Gasteiger partial charge < -0.3 is 19.5 Å². The van der Waals surface area contributed by atoms with Crippen molar-refractivity contribution in [3.8, 4) is 17.2 Å². The lowest BCUT2D eigenvalue weighted by atomic mass is 10.2. The van der Waals surface area contributed by atoms with E-state index in [1.165, 1.54) is 0 Å². The standard InChI is InChI=1S/C15H23N3O3S/c1-5-6-7-16-15(22)18-17-10-11-8-12(19-2)14(21-4)13(9-11)20-3/h8-10H,5-7H2,1-4H3,(H2,16,18,22)/b17-10-. The summed E-state index contributed by atoms with van der Waals surface area (Å²) in [6, 6.07) is 3.61. The van der Waals surface area contributed by atoms with Crippen LogP contribution in [-0.4, -0.2) is 39.2 Å². The van der Waals surface area contributed by atoms with Gasteiger partial charge in [0.05, 0.1) is 27.5 Å². The molecule has 0 aliphatic rings. The first kappa shape index (κ1) is 18.0. The molecule has 0 aliphatic heterocycles. The summed E-state index contributed by atoms with van der Waals surface area (Å²) in [4.78, 5) is 0. The van der Waals surface area contributed by atoms with Crippen molar-refractivity contribution >= 4 is 23.5 Å². The van der Waals surface area contributed by atoms with Crippen molar-refractivity contribution in [2.45, 2.75) is 19.8 Å². The van der Waals surface area contributed by atoms with Gasteiger partial charge in [0.25, 0.3) is 0 Å². The fraction of sp³-hybridized carbons (Fsp3) is 0.467. The van der Waals surface area contributed by atoms with Crippen molar-refractivity contribution < 1.29 is 14.2 Å². The Hall–Kier alpha value is -2.02. The zero-order valence-corrected chi connectivity index (χ0v) is 14.3. The molecule has 0 aromatic heterocycles. The predicted molar refractivity (Wildman–Crippen MR) is 92.3 cm³/mol. The second-order valence-electron chi connectivity index (χ2n) is 4.44. The van der Waals surface area contributed by atoms with Crippen LogP contribution in [0.4, 0.5) is 0 Å². The molecule has 0 bridgehead atoms. The summed E-state index contributed by atoms with van der Waals surface area (Å²) in [5.74, 6) is 1.70. The Kier molecular flexibility index (Phi) is 8.06. The van der Waals surface area contributed by atoms with Gasteiger partial charge >= 0.3 is 0 Å². The highest BCUT2D eigenvalue weighted by Gasteiger charge is 2.12. The number of hydrogen-bond acceptors (Lipinski definition) is 5. The summed E-state index contributed by atoms with van der Waals surface area (Å²) < 4.78 is 15.8. The summed E-state index contributed by atoms with van der Waals surface area (Å²) >= 11 is 5.11. The molecule has 0 spiro atoms. The number of unbranched alkanes of at least 4 members (excludes halogenated alkanes) is 1. The lowest BCUT2D eigenvalue weighted by Crippen LogP contribution is -2.32. The van der Waals surface area contributed by atoms with Crippen LogP contribution in [0.25, 0.3) is 0 Å². The summed E-state index contributed by atoms with van der Waals surface area (Å²) in [5, 5.41) is 7.66. The molecular weight excluding hydrogens is 302 g/mol. The fourth-order valence-electron chi connectivity index (χ4n) is 1.76. The molecule has 0 heterocycles. The van der Waals surface area contributed by atoms with Crippen LogP contribution in [0.3, 0.4) is 0 Å². The molecule has 0 unspecified atom stereocenters. The van der Waals surface area contributed by atoms with E-state index in [0.29, 0.717) is 22.4 Å². The van der Waals surface area contributed by atoms with Crippen LogP contribution in [0.15, 0.2) is 17.2 Å². The van der Waals surface area contributed by atoms with E-state index in [2.05, 4.69) is 22.8 Å². The molecule has 1 rings (SSSR count). The molecule has 0 amide bonds. The number of ether oxygens (including phenoxy) is 3. The Morgan fingerprint density at radius 1 is 1.18 bits per heavy atom. The van der Waals surface area contributed by atoms with Crippen molar-refractivity contribution in [1.29, 1.82) is 0 Å². The zero-order chi connectivity index (χ0) is 16.4. The topological polar surface area (TPSA) is 64.1 Å². The van der Waals surface area contributed by atoms with Crippen molar-refractivity contribution in [2.75, 3.05) is 27.9 Å². The number of thiocarbonyl (C=S) groups is 1. The van der Waals surface area contributed by atoms with E-state index in [4.69, 9.17) is 26.4 Å². The zero-order valence-electron chi connectivity index (χ0n) is 13.4. The molecule has 0 saturated carbocycles. The minimum absolute atomic E-state index is 0.497. The molecule has 122 valence electrons. The van der Waals surface area contributed by atoms with Crippen molar-refractivity contribution in [2.24, 2.45) is 5.10 Å².